The van der Waals surface area contributed by atoms with E-state index in [4.69, 9.17) is 4.74 Å². The predicted octanol–water partition coefficient (Wildman–Crippen LogP) is 0.308. The molecule has 2 heterocycles. The third-order valence-corrected chi connectivity index (χ3v) is 4.38. The molecule has 0 radical (unpaired) electrons. The summed E-state index contributed by atoms with van der Waals surface area (Å²) in [5.74, 6) is -1.01. The molecule has 0 bridgehead atoms. The predicted molar refractivity (Wildman–Crippen MR) is 77.2 cm³/mol. The van der Waals surface area contributed by atoms with E-state index in [0.717, 1.165) is 25.9 Å². The van der Waals surface area contributed by atoms with Gasteiger partial charge in [-0.25, -0.2) is 9.59 Å². The maximum absolute atomic E-state index is 12.5. The van der Waals surface area contributed by atoms with E-state index in [2.05, 4.69) is 11.8 Å². The van der Waals surface area contributed by atoms with Crippen LogP contribution in [-0.4, -0.2) is 90.3 Å². The summed E-state index contributed by atoms with van der Waals surface area (Å²) in [6.07, 6.45) is 2.26. The van der Waals surface area contributed by atoms with E-state index in [1.807, 2.05) is 0 Å². The number of amides is 2. The minimum Gasteiger partial charge on any atom is -0.480 e. The molecule has 0 aromatic carbocycles. The number of likely N-dealkylation sites (tertiary alicyclic amines) is 1. The van der Waals surface area contributed by atoms with Crippen molar-refractivity contribution in [2.24, 2.45) is 0 Å². The van der Waals surface area contributed by atoms with Crippen molar-refractivity contribution in [2.75, 3.05) is 46.4 Å². The highest BCUT2D eigenvalue weighted by Crippen LogP contribution is 2.18. The van der Waals surface area contributed by atoms with E-state index in [1.165, 1.54) is 4.90 Å². The molecule has 7 nitrogen and oxygen atoms in total. The van der Waals surface area contributed by atoms with Crippen LogP contribution in [0.2, 0.25) is 0 Å². The van der Waals surface area contributed by atoms with Crippen molar-refractivity contribution >= 4 is 12.0 Å². The van der Waals surface area contributed by atoms with Gasteiger partial charge >= 0.3 is 12.0 Å². The number of carbonyl (C=O) groups is 2. The molecule has 120 valence electrons. The van der Waals surface area contributed by atoms with Crippen LogP contribution >= 0.6 is 0 Å². The van der Waals surface area contributed by atoms with Gasteiger partial charge in [0.15, 0.2) is 6.04 Å². The van der Waals surface area contributed by atoms with Crippen LogP contribution < -0.4 is 0 Å². The number of likely N-dealkylation sites (N-methyl/N-ethyl adjacent to an activating group) is 2. The van der Waals surface area contributed by atoms with Crippen LogP contribution in [0.25, 0.3) is 0 Å². The van der Waals surface area contributed by atoms with Crippen LogP contribution in [0.1, 0.15) is 19.8 Å². The van der Waals surface area contributed by atoms with Crippen LogP contribution in [-0.2, 0) is 9.53 Å². The van der Waals surface area contributed by atoms with E-state index in [0.29, 0.717) is 25.7 Å². The number of hydrogen-bond acceptors (Lipinski definition) is 4. The quantitative estimate of drug-likeness (QED) is 0.808. The van der Waals surface area contributed by atoms with Gasteiger partial charge < -0.3 is 19.6 Å². The van der Waals surface area contributed by atoms with E-state index < -0.39 is 12.0 Å². The summed E-state index contributed by atoms with van der Waals surface area (Å²) >= 11 is 0. The van der Waals surface area contributed by atoms with E-state index >= 15 is 0 Å². The lowest BCUT2D eigenvalue weighted by molar-refractivity contribution is -0.147. The zero-order valence-electron chi connectivity index (χ0n) is 12.8. The van der Waals surface area contributed by atoms with Crippen LogP contribution in [0.5, 0.6) is 0 Å². The van der Waals surface area contributed by atoms with E-state index in [1.54, 1.807) is 11.9 Å². The molecule has 0 aliphatic carbocycles. The molecule has 2 amide bonds. The van der Waals surface area contributed by atoms with Gasteiger partial charge in [0.05, 0.1) is 13.2 Å². The second-order valence-corrected chi connectivity index (χ2v) is 5.71. The molecule has 2 fully saturated rings. The Bertz CT molecular complexity index is 390. The fourth-order valence-electron chi connectivity index (χ4n) is 3.17. The van der Waals surface area contributed by atoms with Gasteiger partial charge in [0.2, 0.25) is 0 Å². The number of morpholine rings is 1. The normalized spacial score (nSPS) is 26.9. The molecular weight excluding hydrogens is 274 g/mol. The van der Waals surface area contributed by atoms with Crippen molar-refractivity contribution in [3.63, 3.8) is 0 Å². The summed E-state index contributed by atoms with van der Waals surface area (Å²) in [5.41, 5.74) is 0. The number of hydrogen-bond donors (Lipinski definition) is 1. The molecular formula is C14H25N3O4. The fraction of sp³-hybridized carbons (Fsp3) is 0.857. The Morgan fingerprint density at radius 1 is 1.38 bits per heavy atom. The molecule has 21 heavy (non-hydrogen) atoms. The van der Waals surface area contributed by atoms with Crippen molar-refractivity contribution < 1.29 is 19.4 Å². The first-order valence-electron chi connectivity index (χ1n) is 7.61. The lowest BCUT2D eigenvalue weighted by atomic mass is 10.2. The van der Waals surface area contributed by atoms with Gasteiger partial charge in [-0.15, -0.1) is 0 Å². The maximum Gasteiger partial charge on any atom is 0.328 e. The number of urea groups is 1. The second-order valence-electron chi connectivity index (χ2n) is 5.71. The molecule has 0 saturated carbocycles. The summed E-state index contributed by atoms with van der Waals surface area (Å²) in [4.78, 5) is 29.2. The van der Waals surface area contributed by atoms with Gasteiger partial charge in [-0.05, 0) is 25.9 Å². The fourth-order valence-corrected chi connectivity index (χ4v) is 3.17. The van der Waals surface area contributed by atoms with E-state index in [-0.39, 0.29) is 12.6 Å². The Morgan fingerprint density at radius 2 is 2.14 bits per heavy atom. The molecule has 2 unspecified atom stereocenters. The average molecular weight is 299 g/mol. The summed E-state index contributed by atoms with van der Waals surface area (Å²) in [6, 6.07) is -0.707. The molecule has 2 rings (SSSR count). The Labute approximate surface area is 125 Å². The molecule has 0 aromatic heterocycles. The SMILES string of the molecule is CCN1CCCC1CN(C)C(=O)N1CCOCC1C(=O)O. The first-order chi connectivity index (χ1) is 10.0. The first-order valence-corrected chi connectivity index (χ1v) is 7.61. The summed E-state index contributed by atoms with van der Waals surface area (Å²) in [6.45, 7) is 5.65. The minimum absolute atomic E-state index is 0.0689. The second kappa shape index (κ2) is 7.09. The number of carbonyl (C=O) groups excluding carboxylic acids is 1. The van der Waals surface area contributed by atoms with Gasteiger partial charge in [-0.3, -0.25) is 4.90 Å². The summed E-state index contributed by atoms with van der Waals surface area (Å²) in [7, 11) is 1.75. The zero-order valence-corrected chi connectivity index (χ0v) is 12.8. The van der Waals surface area contributed by atoms with Crippen molar-refractivity contribution in [3.05, 3.63) is 0 Å². The third-order valence-electron chi connectivity index (χ3n) is 4.38. The van der Waals surface area contributed by atoms with Crippen molar-refractivity contribution in [1.82, 2.24) is 14.7 Å². The first kappa shape index (κ1) is 16.0. The van der Waals surface area contributed by atoms with Crippen molar-refractivity contribution in [3.8, 4) is 0 Å². The highest BCUT2D eigenvalue weighted by atomic mass is 16.5. The monoisotopic (exact) mass is 299 g/mol. The Morgan fingerprint density at radius 3 is 2.81 bits per heavy atom. The van der Waals surface area contributed by atoms with Crippen LogP contribution in [0.15, 0.2) is 0 Å². The lowest BCUT2D eigenvalue weighted by Crippen LogP contribution is -2.57. The largest absolute Gasteiger partial charge is 0.480 e. The molecule has 2 atom stereocenters. The number of ether oxygens (including phenoxy) is 1. The third kappa shape index (κ3) is 3.65. The number of rotatable bonds is 4. The lowest BCUT2D eigenvalue weighted by Gasteiger charge is -2.37. The van der Waals surface area contributed by atoms with E-state index in [9.17, 15) is 14.7 Å². The highest BCUT2D eigenvalue weighted by Gasteiger charge is 2.35. The molecule has 2 saturated heterocycles. The molecule has 2 aliphatic rings. The van der Waals surface area contributed by atoms with Crippen LogP contribution in [0.4, 0.5) is 4.79 Å². The molecule has 0 spiro atoms. The summed E-state index contributed by atoms with van der Waals surface area (Å²) in [5, 5.41) is 9.20. The maximum atomic E-state index is 12.5. The summed E-state index contributed by atoms with van der Waals surface area (Å²) < 4.78 is 5.17. The number of carboxylic acid groups (broad SMARTS) is 1. The van der Waals surface area contributed by atoms with Gasteiger partial charge in [0.1, 0.15) is 0 Å². The average Bonchev–Trinajstić information content (AvgIpc) is 2.93. The molecule has 2 aliphatic heterocycles. The number of nitrogens with zero attached hydrogens (tertiary/aromatic N) is 3. The zero-order chi connectivity index (χ0) is 15.4. The van der Waals surface area contributed by atoms with Gasteiger partial charge in [-0.2, -0.15) is 0 Å². The standard InChI is InChI=1S/C14H25N3O4/c1-3-16-6-4-5-11(16)9-15(2)14(20)17-7-8-21-10-12(17)13(18)19/h11-12H,3-10H2,1-2H3,(H,18,19). The Balaban J connectivity index is 1.95. The number of aliphatic carboxylic acids is 1. The van der Waals surface area contributed by atoms with Crippen LogP contribution in [0, 0.1) is 0 Å². The van der Waals surface area contributed by atoms with Gasteiger partial charge in [0.25, 0.3) is 0 Å². The smallest absolute Gasteiger partial charge is 0.328 e. The van der Waals surface area contributed by atoms with Gasteiger partial charge in [0, 0.05) is 26.2 Å². The van der Waals surface area contributed by atoms with Gasteiger partial charge in [-0.1, -0.05) is 6.92 Å². The van der Waals surface area contributed by atoms with Crippen molar-refractivity contribution in [2.45, 2.75) is 31.8 Å². The van der Waals surface area contributed by atoms with Crippen LogP contribution in [0.3, 0.4) is 0 Å². The highest BCUT2D eigenvalue weighted by molar-refractivity contribution is 5.83. The molecule has 1 N–H and O–H groups in total. The number of carboxylic acids is 1. The molecule has 7 heteroatoms. The molecule has 0 aromatic rings. The topological polar surface area (TPSA) is 73.3 Å². The Hall–Kier alpha value is -1.34. The van der Waals surface area contributed by atoms with Crippen molar-refractivity contribution in [1.29, 1.82) is 0 Å². The Kier molecular flexibility index (Phi) is 5.41. The minimum atomic E-state index is -1.01.